The lowest BCUT2D eigenvalue weighted by molar-refractivity contribution is 0.498. The van der Waals surface area contributed by atoms with Crippen molar-refractivity contribution in [1.29, 1.82) is 0 Å². The van der Waals surface area contributed by atoms with E-state index in [9.17, 15) is 8.42 Å². The van der Waals surface area contributed by atoms with Gasteiger partial charge in [-0.25, -0.2) is 0 Å². The number of nitrogens with zero attached hydrogens (tertiary/aromatic N) is 3. The highest BCUT2D eigenvalue weighted by molar-refractivity contribution is 8.00. The van der Waals surface area contributed by atoms with Crippen molar-refractivity contribution < 1.29 is 8.42 Å². The molecule has 2 rings (SSSR count). The zero-order chi connectivity index (χ0) is 14.9. The highest BCUT2D eigenvalue weighted by Crippen LogP contribution is 2.31. The van der Waals surface area contributed by atoms with Crippen molar-refractivity contribution in [2.24, 2.45) is 0 Å². The molecule has 0 aliphatic heterocycles. The van der Waals surface area contributed by atoms with Crippen LogP contribution in [0.4, 0.5) is 0 Å². The number of rotatable bonds is 4. The Bertz CT molecular complexity index is 721. The minimum Gasteiger partial charge on any atom is -0.189 e. The van der Waals surface area contributed by atoms with Gasteiger partial charge in [-0.05, 0) is 37.1 Å². The molecule has 5 nitrogen and oxygen atoms in total. The summed E-state index contributed by atoms with van der Waals surface area (Å²) in [6.07, 6.45) is 1.49. The van der Waals surface area contributed by atoms with Gasteiger partial charge in [-0.1, -0.05) is 23.9 Å². The molecule has 0 N–H and O–H groups in total. The van der Waals surface area contributed by atoms with Crippen molar-refractivity contribution in [1.82, 2.24) is 13.5 Å². The van der Waals surface area contributed by atoms with E-state index in [0.717, 1.165) is 24.4 Å². The molecule has 0 saturated heterocycles. The van der Waals surface area contributed by atoms with Crippen LogP contribution in [0.5, 0.6) is 0 Å². The fraction of sp³-hybridized carbons (Fsp3) is 0.308. The third kappa shape index (κ3) is 2.89. The van der Waals surface area contributed by atoms with Crippen LogP contribution in [-0.2, 0) is 10.2 Å². The molecule has 0 bridgehead atoms. The second-order valence-electron chi connectivity index (χ2n) is 4.67. The molecule has 0 amide bonds. The maximum Gasteiger partial charge on any atom is 0.323 e. The number of hydrogen-bond acceptors (Lipinski definition) is 4. The standard InChI is InChI=1S/C13H17N3O2S2/c1-10-5-6-11(2)12(9-10)19-13-7-8-14-16(13)20(17,18)15(3)4/h5-9H,1-4H3. The van der Waals surface area contributed by atoms with Gasteiger partial charge in [0.25, 0.3) is 0 Å². The zero-order valence-corrected chi connectivity index (χ0v) is 13.5. The van der Waals surface area contributed by atoms with Gasteiger partial charge in [0, 0.05) is 19.0 Å². The summed E-state index contributed by atoms with van der Waals surface area (Å²) in [4.78, 5) is 1.03. The van der Waals surface area contributed by atoms with E-state index < -0.39 is 10.2 Å². The quantitative estimate of drug-likeness (QED) is 0.869. The molecule has 1 aromatic carbocycles. The van der Waals surface area contributed by atoms with Crippen molar-refractivity contribution in [3.8, 4) is 0 Å². The van der Waals surface area contributed by atoms with Crippen LogP contribution in [0.2, 0.25) is 0 Å². The maximum atomic E-state index is 12.2. The van der Waals surface area contributed by atoms with E-state index in [4.69, 9.17) is 0 Å². The second kappa shape index (κ2) is 5.59. The van der Waals surface area contributed by atoms with Gasteiger partial charge in [-0.2, -0.15) is 17.8 Å². The van der Waals surface area contributed by atoms with Gasteiger partial charge < -0.3 is 0 Å². The first-order valence-electron chi connectivity index (χ1n) is 6.04. The van der Waals surface area contributed by atoms with Crippen LogP contribution in [0.15, 0.2) is 40.4 Å². The number of aryl methyl sites for hydroxylation is 2. The Morgan fingerprint density at radius 3 is 2.55 bits per heavy atom. The molecule has 0 atom stereocenters. The molecule has 0 radical (unpaired) electrons. The van der Waals surface area contributed by atoms with Crippen molar-refractivity contribution >= 4 is 22.0 Å². The van der Waals surface area contributed by atoms with Crippen LogP contribution in [-0.4, -0.2) is 36.0 Å². The molecule has 0 saturated carbocycles. The van der Waals surface area contributed by atoms with Gasteiger partial charge in [0.2, 0.25) is 0 Å². The third-order valence-corrected chi connectivity index (χ3v) is 5.76. The highest BCUT2D eigenvalue weighted by atomic mass is 32.2. The summed E-state index contributed by atoms with van der Waals surface area (Å²) in [5.41, 5.74) is 2.25. The fourth-order valence-corrected chi connectivity index (χ4v) is 3.73. The number of hydrogen-bond donors (Lipinski definition) is 0. The molecular formula is C13H17N3O2S2. The SMILES string of the molecule is Cc1ccc(C)c(Sc2ccnn2S(=O)(=O)N(C)C)c1. The molecule has 0 unspecified atom stereocenters. The summed E-state index contributed by atoms with van der Waals surface area (Å²) in [6.45, 7) is 4.01. The summed E-state index contributed by atoms with van der Waals surface area (Å²) in [7, 11) is -0.610. The Labute approximate surface area is 123 Å². The lowest BCUT2D eigenvalue weighted by Gasteiger charge is -2.14. The first kappa shape index (κ1) is 15.1. The summed E-state index contributed by atoms with van der Waals surface area (Å²) in [5.74, 6) is 0. The Balaban J connectivity index is 2.42. The van der Waals surface area contributed by atoms with Gasteiger partial charge >= 0.3 is 10.2 Å². The Kier molecular flexibility index (Phi) is 4.22. The van der Waals surface area contributed by atoms with E-state index in [0.29, 0.717) is 5.03 Å². The molecule has 0 fully saturated rings. The minimum atomic E-state index is -3.59. The van der Waals surface area contributed by atoms with Crippen LogP contribution in [0.25, 0.3) is 0 Å². The third-order valence-electron chi connectivity index (χ3n) is 2.82. The molecule has 7 heteroatoms. The molecule has 108 valence electrons. The topological polar surface area (TPSA) is 55.2 Å². The van der Waals surface area contributed by atoms with E-state index in [1.54, 1.807) is 6.07 Å². The average molecular weight is 311 g/mol. The molecule has 20 heavy (non-hydrogen) atoms. The maximum absolute atomic E-state index is 12.2. The van der Waals surface area contributed by atoms with E-state index in [1.807, 2.05) is 32.0 Å². The number of benzene rings is 1. The molecule has 0 aliphatic carbocycles. The van der Waals surface area contributed by atoms with Crippen molar-refractivity contribution in [3.05, 3.63) is 41.6 Å². The van der Waals surface area contributed by atoms with Crippen molar-refractivity contribution in [2.75, 3.05) is 14.1 Å². The molecule has 1 heterocycles. The molecule has 1 aromatic heterocycles. The Hall–Kier alpha value is -1.31. The second-order valence-corrected chi connectivity index (χ2v) is 7.71. The van der Waals surface area contributed by atoms with Gasteiger partial charge in [0.1, 0.15) is 5.03 Å². The van der Waals surface area contributed by atoms with Crippen LogP contribution in [0, 0.1) is 13.8 Å². The monoisotopic (exact) mass is 311 g/mol. The average Bonchev–Trinajstić information content (AvgIpc) is 2.82. The summed E-state index contributed by atoms with van der Waals surface area (Å²) in [5, 5.41) is 4.50. The Morgan fingerprint density at radius 1 is 1.20 bits per heavy atom. The van der Waals surface area contributed by atoms with E-state index in [2.05, 4.69) is 5.10 Å². The van der Waals surface area contributed by atoms with Gasteiger partial charge in [-0.3, -0.25) is 0 Å². The van der Waals surface area contributed by atoms with E-state index >= 15 is 0 Å². The lowest BCUT2D eigenvalue weighted by Crippen LogP contribution is -2.30. The van der Waals surface area contributed by atoms with Gasteiger partial charge in [0.15, 0.2) is 0 Å². The first-order chi connectivity index (χ1) is 9.32. The predicted molar refractivity (Wildman–Crippen MR) is 80.3 cm³/mol. The summed E-state index contributed by atoms with van der Waals surface area (Å²) < 4.78 is 26.5. The zero-order valence-electron chi connectivity index (χ0n) is 11.9. The van der Waals surface area contributed by atoms with Crippen LogP contribution < -0.4 is 0 Å². The molecule has 0 spiro atoms. The summed E-state index contributed by atoms with van der Waals surface area (Å²) in [6, 6.07) is 7.80. The van der Waals surface area contributed by atoms with Crippen LogP contribution in [0.3, 0.4) is 0 Å². The van der Waals surface area contributed by atoms with Crippen molar-refractivity contribution in [3.63, 3.8) is 0 Å². The van der Waals surface area contributed by atoms with Gasteiger partial charge in [0.05, 0.1) is 6.20 Å². The first-order valence-corrected chi connectivity index (χ1v) is 8.26. The van der Waals surface area contributed by atoms with Gasteiger partial charge in [-0.15, -0.1) is 4.09 Å². The van der Waals surface area contributed by atoms with Crippen molar-refractivity contribution in [2.45, 2.75) is 23.8 Å². The number of aromatic nitrogens is 2. The summed E-state index contributed by atoms with van der Waals surface area (Å²) >= 11 is 1.40. The fourth-order valence-electron chi connectivity index (χ4n) is 1.61. The normalized spacial score (nSPS) is 12.1. The highest BCUT2D eigenvalue weighted by Gasteiger charge is 2.21. The van der Waals surface area contributed by atoms with Crippen LogP contribution in [0.1, 0.15) is 11.1 Å². The largest absolute Gasteiger partial charge is 0.323 e. The smallest absolute Gasteiger partial charge is 0.189 e. The van der Waals surface area contributed by atoms with Crippen LogP contribution >= 0.6 is 11.8 Å². The van der Waals surface area contributed by atoms with E-state index in [-0.39, 0.29) is 0 Å². The minimum absolute atomic E-state index is 0.576. The van der Waals surface area contributed by atoms with E-state index in [1.165, 1.54) is 32.1 Å². The Morgan fingerprint density at radius 2 is 1.90 bits per heavy atom. The predicted octanol–water partition coefficient (Wildman–Crippen LogP) is 2.31. The molecular weight excluding hydrogens is 294 g/mol. The lowest BCUT2D eigenvalue weighted by atomic mass is 10.2. The molecule has 0 aliphatic rings. The molecule has 2 aromatic rings.